The molecule has 0 aliphatic heterocycles. The highest BCUT2D eigenvalue weighted by Crippen LogP contribution is 2.26. The van der Waals surface area contributed by atoms with Crippen molar-refractivity contribution in [3.63, 3.8) is 0 Å². The molecule has 1 heterocycles. The van der Waals surface area contributed by atoms with Crippen LogP contribution >= 0.6 is 31.9 Å². The largest absolute Gasteiger partial charge is 0.443 e. The van der Waals surface area contributed by atoms with Gasteiger partial charge in [-0.15, -0.1) is 0 Å². The van der Waals surface area contributed by atoms with E-state index in [4.69, 9.17) is 4.74 Å². The number of carbonyl (C=O) groups is 1. The maximum absolute atomic E-state index is 12.3. The zero-order chi connectivity index (χ0) is 14.2. The van der Waals surface area contributed by atoms with Crippen LogP contribution in [0.1, 0.15) is 26.5 Å². The molecule has 19 heavy (non-hydrogen) atoms. The van der Waals surface area contributed by atoms with E-state index in [9.17, 15) is 4.79 Å². The van der Waals surface area contributed by atoms with Crippen LogP contribution in [-0.2, 0) is 10.1 Å². The number of alkyl halides is 1. The lowest BCUT2D eigenvalue weighted by molar-refractivity contribution is 0.0541. The number of aromatic nitrogens is 1. The van der Waals surface area contributed by atoms with Crippen LogP contribution in [-0.4, -0.2) is 16.3 Å². The molecule has 2 aromatic rings. The Labute approximate surface area is 129 Å². The van der Waals surface area contributed by atoms with E-state index in [2.05, 4.69) is 31.9 Å². The number of rotatable bonds is 1. The molecular formula is C14H15Br2NO2. The lowest BCUT2D eigenvalue weighted by atomic mass is 10.2. The number of carbonyl (C=O) groups excluding carboxylic acids is 1. The normalized spacial score (nSPS) is 11.8. The second-order valence-corrected chi connectivity index (χ2v) is 6.76. The van der Waals surface area contributed by atoms with Gasteiger partial charge in [0.15, 0.2) is 0 Å². The SMILES string of the molecule is CC(C)(C)OC(=O)n1c(CBr)cc2cc(Br)ccc21. The van der Waals surface area contributed by atoms with Gasteiger partial charge in [0.1, 0.15) is 5.60 Å². The van der Waals surface area contributed by atoms with Gasteiger partial charge in [0.2, 0.25) is 0 Å². The van der Waals surface area contributed by atoms with Gasteiger partial charge in [-0.25, -0.2) is 9.36 Å². The second-order valence-electron chi connectivity index (χ2n) is 5.29. The zero-order valence-electron chi connectivity index (χ0n) is 11.0. The molecule has 0 unspecified atom stereocenters. The van der Waals surface area contributed by atoms with Gasteiger partial charge in [0, 0.05) is 20.9 Å². The van der Waals surface area contributed by atoms with E-state index in [0.29, 0.717) is 5.33 Å². The van der Waals surface area contributed by atoms with Gasteiger partial charge >= 0.3 is 6.09 Å². The Kier molecular flexibility index (Phi) is 4.06. The van der Waals surface area contributed by atoms with Crippen molar-refractivity contribution in [1.82, 2.24) is 4.57 Å². The number of hydrogen-bond donors (Lipinski definition) is 0. The number of nitrogens with zero attached hydrogens (tertiary/aromatic N) is 1. The molecule has 5 heteroatoms. The Hall–Kier alpha value is -0.810. The van der Waals surface area contributed by atoms with E-state index in [-0.39, 0.29) is 6.09 Å². The third-order valence-corrected chi connectivity index (χ3v) is 3.62. The highest BCUT2D eigenvalue weighted by Gasteiger charge is 2.21. The summed E-state index contributed by atoms with van der Waals surface area (Å²) in [4.78, 5) is 12.3. The van der Waals surface area contributed by atoms with E-state index >= 15 is 0 Å². The minimum Gasteiger partial charge on any atom is -0.443 e. The standard InChI is InChI=1S/C14H15Br2NO2/c1-14(2,3)19-13(18)17-11(8-15)7-9-6-10(16)4-5-12(9)17/h4-7H,8H2,1-3H3. The lowest BCUT2D eigenvalue weighted by Crippen LogP contribution is -2.27. The molecule has 2 rings (SSSR count). The van der Waals surface area contributed by atoms with Crippen molar-refractivity contribution >= 4 is 48.9 Å². The van der Waals surface area contributed by atoms with Crippen LogP contribution in [0, 0.1) is 0 Å². The molecule has 102 valence electrons. The van der Waals surface area contributed by atoms with Crippen LogP contribution in [0.2, 0.25) is 0 Å². The van der Waals surface area contributed by atoms with Gasteiger partial charge in [-0.3, -0.25) is 0 Å². The van der Waals surface area contributed by atoms with E-state index in [1.165, 1.54) is 0 Å². The number of ether oxygens (including phenoxy) is 1. The Balaban J connectivity index is 2.54. The van der Waals surface area contributed by atoms with Crippen molar-refractivity contribution in [3.8, 4) is 0 Å². The summed E-state index contributed by atoms with van der Waals surface area (Å²) in [5.74, 6) is 0. The van der Waals surface area contributed by atoms with E-state index in [1.54, 1.807) is 4.57 Å². The van der Waals surface area contributed by atoms with Crippen molar-refractivity contribution in [2.75, 3.05) is 0 Å². The van der Waals surface area contributed by atoms with Crippen molar-refractivity contribution in [1.29, 1.82) is 0 Å². The number of fused-ring (bicyclic) bond motifs is 1. The molecule has 0 saturated carbocycles. The average molecular weight is 389 g/mol. The van der Waals surface area contributed by atoms with Gasteiger partial charge in [-0.1, -0.05) is 31.9 Å². The minimum absolute atomic E-state index is 0.348. The summed E-state index contributed by atoms with van der Waals surface area (Å²) in [5.41, 5.74) is 1.22. The van der Waals surface area contributed by atoms with E-state index < -0.39 is 5.60 Å². The molecule has 0 N–H and O–H groups in total. The molecule has 0 radical (unpaired) electrons. The highest BCUT2D eigenvalue weighted by molar-refractivity contribution is 9.10. The average Bonchev–Trinajstić information content (AvgIpc) is 2.63. The molecule has 0 atom stereocenters. The van der Waals surface area contributed by atoms with Crippen molar-refractivity contribution < 1.29 is 9.53 Å². The summed E-state index contributed by atoms with van der Waals surface area (Å²) in [5, 5.41) is 1.60. The molecule has 0 spiro atoms. The van der Waals surface area contributed by atoms with E-state index in [0.717, 1.165) is 21.1 Å². The Morgan fingerprint density at radius 3 is 2.58 bits per heavy atom. The van der Waals surface area contributed by atoms with Crippen molar-refractivity contribution in [2.45, 2.75) is 31.7 Å². The molecule has 0 saturated heterocycles. The van der Waals surface area contributed by atoms with Crippen LogP contribution in [0.25, 0.3) is 10.9 Å². The Morgan fingerprint density at radius 2 is 2.00 bits per heavy atom. The predicted molar refractivity (Wildman–Crippen MR) is 83.9 cm³/mol. The first-order valence-electron chi connectivity index (χ1n) is 5.91. The summed E-state index contributed by atoms with van der Waals surface area (Å²) in [6.45, 7) is 5.59. The first kappa shape index (κ1) is 14.6. The van der Waals surface area contributed by atoms with Crippen LogP contribution in [0.5, 0.6) is 0 Å². The van der Waals surface area contributed by atoms with Gasteiger partial charge in [0.25, 0.3) is 0 Å². The maximum Gasteiger partial charge on any atom is 0.419 e. The number of halogens is 2. The third-order valence-electron chi connectivity index (χ3n) is 2.55. The second kappa shape index (κ2) is 5.29. The fourth-order valence-electron chi connectivity index (χ4n) is 1.86. The molecule has 3 nitrogen and oxygen atoms in total. The summed E-state index contributed by atoms with van der Waals surface area (Å²) >= 11 is 6.85. The van der Waals surface area contributed by atoms with Crippen LogP contribution in [0.15, 0.2) is 28.7 Å². The summed E-state index contributed by atoms with van der Waals surface area (Å²) in [6.07, 6.45) is -0.348. The molecular weight excluding hydrogens is 374 g/mol. The summed E-state index contributed by atoms with van der Waals surface area (Å²) in [6, 6.07) is 7.80. The van der Waals surface area contributed by atoms with E-state index in [1.807, 2.05) is 45.0 Å². The number of hydrogen-bond acceptors (Lipinski definition) is 2. The zero-order valence-corrected chi connectivity index (χ0v) is 14.2. The Bertz CT molecular complexity index is 626. The van der Waals surface area contributed by atoms with Gasteiger partial charge in [-0.05, 0) is 45.0 Å². The monoisotopic (exact) mass is 387 g/mol. The van der Waals surface area contributed by atoms with Crippen molar-refractivity contribution in [3.05, 3.63) is 34.4 Å². The maximum atomic E-state index is 12.3. The topological polar surface area (TPSA) is 31.2 Å². The molecule has 0 fully saturated rings. The van der Waals surface area contributed by atoms with Gasteiger partial charge in [-0.2, -0.15) is 0 Å². The number of benzene rings is 1. The van der Waals surface area contributed by atoms with Crippen LogP contribution < -0.4 is 0 Å². The molecule has 1 aromatic carbocycles. The Morgan fingerprint density at radius 1 is 1.32 bits per heavy atom. The van der Waals surface area contributed by atoms with Crippen molar-refractivity contribution in [2.24, 2.45) is 0 Å². The summed E-state index contributed by atoms with van der Waals surface area (Å²) < 4.78 is 8.06. The first-order valence-corrected chi connectivity index (χ1v) is 7.82. The molecule has 0 amide bonds. The van der Waals surface area contributed by atoms with Crippen LogP contribution in [0.3, 0.4) is 0 Å². The molecule has 0 bridgehead atoms. The predicted octanol–water partition coefficient (Wildman–Crippen LogP) is 5.08. The molecule has 1 aromatic heterocycles. The first-order chi connectivity index (χ1) is 8.81. The lowest BCUT2D eigenvalue weighted by Gasteiger charge is -2.20. The fraction of sp³-hybridized carbons (Fsp3) is 0.357. The smallest absolute Gasteiger partial charge is 0.419 e. The fourth-order valence-corrected chi connectivity index (χ4v) is 2.66. The summed E-state index contributed by atoms with van der Waals surface area (Å²) in [7, 11) is 0. The van der Waals surface area contributed by atoms with Gasteiger partial charge < -0.3 is 4.74 Å². The third kappa shape index (κ3) is 3.20. The molecule has 0 aliphatic carbocycles. The molecule has 0 aliphatic rings. The van der Waals surface area contributed by atoms with Crippen LogP contribution in [0.4, 0.5) is 4.79 Å². The highest BCUT2D eigenvalue weighted by atomic mass is 79.9. The quantitative estimate of drug-likeness (QED) is 0.637. The van der Waals surface area contributed by atoms with Gasteiger partial charge in [0.05, 0.1) is 5.52 Å². The minimum atomic E-state index is -0.507.